The van der Waals surface area contributed by atoms with E-state index < -0.39 is 0 Å². The molecule has 2 nitrogen and oxygen atoms in total. The van der Waals surface area contributed by atoms with Crippen LogP contribution < -0.4 is 42.0 Å². The van der Waals surface area contributed by atoms with Crippen molar-refractivity contribution in [1.82, 2.24) is 0 Å². The second-order valence-electron chi connectivity index (χ2n) is 1.22. The summed E-state index contributed by atoms with van der Waals surface area (Å²) in [5.41, 5.74) is 0. The average molecular weight is 147 g/mol. The Kier molecular flexibility index (Phi) is 12.3. The molecular formula is C4H8ClNaO2. The van der Waals surface area contributed by atoms with E-state index in [1.54, 1.807) is 0 Å². The van der Waals surface area contributed by atoms with Crippen LogP contribution in [0.5, 0.6) is 0 Å². The normalized spacial score (nSPS) is 18.0. The third-order valence-corrected chi connectivity index (χ3v) is 0.744. The summed E-state index contributed by atoms with van der Waals surface area (Å²) in [4.78, 5) is 0. The molecular weight excluding hydrogens is 138 g/mol. The molecule has 4 heteroatoms. The zero-order valence-corrected chi connectivity index (χ0v) is 7.78. The average Bonchev–Trinajstić information content (AvgIpc) is 1.72. The monoisotopic (exact) mass is 146 g/mol. The number of halogens is 1. The van der Waals surface area contributed by atoms with E-state index in [-0.39, 0.29) is 42.0 Å². The van der Waals surface area contributed by atoms with Crippen molar-refractivity contribution in [2.45, 2.75) is 0 Å². The van der Waals surface area contributed by atoms with Crippen LogP contribution in [0.3, 0.4) is 0 Å². The molecule has 0 atom stereocenters. The van der Waals surface area contributed by atoms with Crippen LogP contribution in [0.2, 0.25) is 0 Å². The van der Waals surface area contributed by atoms with Gasteiger partial charge in [0.25, 0.3) is 0 Å². The first-order valence-corrected chi connectivity index (χ1v) is 2.15. The van der Waals surface area contributed by atoms with Gasteiger partial charge in [-0.05, 0) is 0 Å². The quantitative estimate of drug-likeness (QED) is 0.317. The van der Waals surface area contributed by atoms with Crippen molar-refractivity contribution in [3.05, 3.63) is 0 Å². The maximum absolute atomic E-state index is 4.94. The Balaban J connectivity index is 0. The Hall–Kier alpha value is 1.21. The summed E-state index contributed by atoms with van der Waals surface area (Å²) in [6.45, 7) is 3.11. The smallest absolute Gasteiger partial charge is 1.00 e. The van der Waals surface area contributed by atoms with Gasteiger partial charge >= 0.3 is 29.6 Å². The van der Waals surface area contributed by atoms with Crippen molar-refractivity contribution in [2.24, 2.45) is 0 Å². The van der Waals surface area contributed by atoms with E-state index in [2.05, 4.69) is 0 Å². The molecule has 0 aromatic heterocycles. The number of ether oxygens (including phenoxy) is 2. The van der Waals surface area contributed by atoms with Gasteiger partial charge in [-0.2, -0.15) is 0 Å². The molecule has 1 heterocycles. The van der Waals surface area contributed by atoms with Gasteiger partial charge in [-0.3, -0.25) is 0 Å². The predicted octanol–water partition coefficient (Wildman–Crippen LogP) is -5.96. The fraction of sp³-hybridized carbons (Fsp3) is 1.00. The molecule has 0 saturated carbocycles. The molecule has 0 N–H and O–H groups in total. The summed E-state index contributed by atoms with van der Waals surface area (Å²) in [7, 11) is 0. The van der Waals surface area contributed by atoms with Crippen molar-refractivity contribution >= 4 is 0 Å². The fourth-order valence-corrected chi connectivity index (χ4v) is 0.440. The van der Waals surface area contributed by atoms with Crippen LogP contribution in [0.1, 0.15) is 0 Å². The summed E-state index contributed by atoms with van der Waals surface area (Å²) in [6, 6.07) is 0. The third kappa shape index (κ3) is 5.35. The maximum atomic E-state index is 4.94. The molecule has 1 fully saturated rings. The van der Waals surface area contributed by atoms with Crippen LogP contribution in [0.15, 0.2) is 0 Å². The van der Waals surface area contributed by atoms with E-state index in [0.29, 0.717) is 0 Å². The number of hydrogen-bond acceptors (Lipinski definition) is 2. The van der Waals surface area contributed by atoms with E-state index >= 15 is 0 Å². The summed E-state index contributed by atoms with van der Waals surface area (Å²) in [5, 5.41) is 0. The Morgan fingerprint density at radius 3 is 1.12 bits per heavy atom. The molecule has 0 aliphatic carbocycles. The zero-order chi connectivity index (χ0) is 4.24. The fourth-order valence-electron chi connectivity index (χ4n) is 0.440. The molecule has 0 aromatic rings. The first-order chi connectivity index (χ1) is 3.00. The topological polar surface area (TPSA) is 18.5 Å². The molecule has 0 aromatic carbocycles. The molecule has 8 heavy (non-hydrogen) atoms. The molecule has 0 unspecified atom stereocenters. The summed E-state index contributed by atoms with van der Waals surface area (Å²) in [5.74, 6) is 0. The van der Waals surface area contributed by atoms with Gasteiger partial charge in [0, 0.05) is 0 Å². The van der Waals surface area contributed by atoms with Gasteiger partial charge in [0.1, 0.15) is 0 Å². The molecule has 1 aliphatic rings. The second kappa shape index (κ2) is 8.21. The zero-order valence-electron chi connectivity index (χ0n) is 5.02. The standard InChI is InChI=1S/C4H8O2.ClH.Na/c1-2-6-4-3-5-1;;/h1-4H2;1H;/q;;+1/p-1. The van der Waals surface area contributed by atoms with E-state index in [0.717, 1.165) is 26.4 Å². The van der Waals surface area contributed by atoms with Crippen LogP contribution in [-0.4, -0.2) is 26.4 Å². The minimum atomic E-state index is 0. The van der Waals surface area contributed by atoms with Crippen molar-refractivity contribution in [3.63, 3.8) is 0 Å². The molecule has 0 bridgehead atoms. The van der Waals surface area contributed by atoms with Gasteiger partial charge < -0.3 is 21.9 Å². The largest absolute Gasteiger partial charge is 1.00 e. The first kappa shape index (κ1) is 11.9. The summed E-state index contributed by atoms with van der Waals surface area (Å²) < 4.78 is 9.89. The van der Waals surface area contributed by atoms with E-state index in [1.165, 1.54) is 0 Å². The molecule has 1 aliphatic heterocycles. The van der Waals surface area contributed by atoms with Crippen molar-refractivity contribution in [1.29, 1.82) is 0 Å². The van der Waals surface area contributed by atoms with Crippen LogP contribution in [0.25, 0.3) is 0 Å². The molecule has 1 rings (SSSR count). The SMILES string of the molecule is C1COCCO1.[Cl-].[Na+]. The van der Waals surface area contributed by atoms with Gasteiger partial charge in [0.05, 0.1) is 26.4 Å². The van der Waals surface area contributed by atoms with Gasteiger partial charge in [-0.1, -0.05) is 0 Å². The maximum Gasteiger partial charge on any atom is 1.00 e. The predicted molar refractivity (Wildman–Crippen MR) is 21.6 cm³/mol. The number of rotatable bonds is 0. The Morgan fingerprint density at radius 2 is 1.00 bits per heavy atom. The van der Waals surface area contributed by atoms with Crippen LogP contribution in [0.4, 0.5) is 0 Å². The third-order valence-electron chi connectivity index (χ3n) is 0.744. The summed E-state index contributed by atoms with van der Waals surface area (Å²) in [6.07, 6.45) is 0. The molecule has 0 radical (unpaired) electrons. The Morgan fingerprint density at radius 1 is 0.750 bits per heavy atom. The minimum Gasteiger partial charge on any atom is -1.00 e. The van der Waals surface area contributed by atoms with Gasteiger partial charge in [-0.25, -0.2) is 0 Å². The van der Waals surface area contributed by atoms with E-state index in [9.17, 15) is 0 Å². The molecule has 0 amide bonds. The van der Waals surface area contributed by atoms with Crippen LogP contribution >= 0.6 is 0 Å². The van der Waals surface area contributed by atoms with Gasteiger partial charge in [0.15, 0.2) is 0 Å². The van der Waals surface area contributed by atoms with Crippen LogP contribution in [-0.2, 0) is 9.47 Å². The van der Waals surface area contributed by atoms with E-state index in [4.69, 9.17) is 9.47 Å². The van der Waals surface area contributed by atoms with Gasteiger partial charge in [0.2, 0.25) is 0 Å². The van der Waals surface area contributed by atoms with Crippen molar-refractivity contribution in [2.75, 3.05) is 26.4 Å². The van der Waals surface area contributed by atoms with Crippen molar-refractivity contribution < 1.29 is 51.4 Å². The first-order valence-electron chi connectivity index (χ1n) is 2.15. The Bertz CT molecular complexity index is 29.5. The second-order valence-corrected chi connectivity index (χ2v) is 1.22. The molecule has 0 spiro atoms. The molecule has 44 valence electrons. The van der Waals surface area contributed by atoms with Crippen molar-refractivity contribution in [3.8, 4) is 0 Å². The number of hydrogen-bond donors (Lipinski definition) is 0. The molecule has 1 saturated heterocycles. The Labute approximate surface area is 77.6 Å². The van der Waals surface area contributed by atoms with Gasteiger partial charge in [-0.15, -0.1) is 0 Å². The van der Waals surface area contributed by atoms with Crippen LogP contribution in [0, 0.1) is 0 Å². The van der Waals surface area contributed by atoms with E-state index in [1.807, 2.05) is 0 Å². The minimum absolute atomic E-state index is 0. The summed E-state index contributed by atoms with van der Waals surface area (Å²) >= 11 is 0.